The summed E-state index contributed by atoms with van der Waals surface area (Å²) in [6, 6.07) is 8.17. The van der Waals surface area contributed by atoms with Gasteiger partial charge in [-0.1, -0.05) is 17.8 Å². The second kappa shape index (κ2) is 6.31. The van der Waals surface area contributed by atoms with Crippen LogP contribution in [0.25, 0.3) is 0 Å². The van der Waals surface area contributed by atoms with E-state index in [0.717, 1.165) is 26.5 Å². The molecule has 0 spiro atoms. The van der Waals surface area contributed by atoms with E-state index < -0.39 is 0 Å². The van der Waals surface area contributed by atoms with Crippen LogP contribution >= 0.6 is 27.7 Å². The third kappa shape index (κ3) is 4.08. The lowest BCUT2D eigenvalue weighted by Crippen LogP contribution is -2.17. The number of hydrogen-bond donors (Lipinski definition) is 1. The highest BCUT2D eigenvalue weighted by Crippen LogP contribution is 2.24. The zero-order valence-electron chi connectivity index (χ0n) is 10.0. The Morgan fingerprint density at radius 1 is 1.17 bits per heavy atom. The Morgan fingerprint density at radius 3 is 2.33 bits per heavy atom. The van der Waals surface area contributed by atoms with E-state index in [1.54, 1.807) is 18.0 Å². The normalized spacial score (nSPS) is 12.4. The number of nitrogens with zero attached hydrogens (tertiary/aromatic N) is 2. The van der Waals surface area contributed by atoms with E-state index in [1.165, 1.54) is 0 Å². The van der Waals surface area contributed by atoms with Gasteiger partial charge in [-0.15, -0.1) is 0 Å². The monoisotopic (exact) mass is 323 g/mol. The lowest BCUT2D eigenvalue weighted by Gasteiger charge is -2.05. The Hall–Kier alpha value is -0.910. The van der Waals surface area contributed by atoms with Crippen LogP contribution in [0.5, 0.6) is 0 Å². The lowest BCUT2D eigenvalue weighted by atomic mass is 10.1. The van der Waals surface area contributed by atoms with Crippen LogP contribution < -0.4 is 5.73 Å². The van der Waals surface area contributed by atoms with Crippen LogP contribution in [0.2, 0.25) is 0 Å². The molecular formula is C13H14BrN3S. The molecule has 3 nitrogen and oxygen atoms in total. The zero-order chi connectivity index (χ0) is 13.0. The van der Waals surface area contributed by atoms with E-state index in [9.17, 15) is 0 Å². The van der Waals surface area contributed by atoms with Gasteiger partial charge in [0.15, 0.2) is 0 Å². The SMILES string of the molecule is CC(N)Cc1ccc(Sc2ccc(Br)cn2)nc1. The summed E-state index contributed by atoms with van der Waals surface area (Å²) in [6.07, 6.45) is 4.52. The standard InChI is InChI=1S/C13H14BrN3S/c1-9(15)6-10-2-4-12(16-7-10)18-13-5-3-11(14)8-17-13/h2-5,7-9H,6,15H2,1H3. The molecular weight excluding hydrogens is 310 g/mol. The first kappa shape index (κ1) is 13.5. The van der Waals surface area contributed by atoms with E-state index >= 15 is 0 Å². The molecule has 2 aromatic rings. The molecule has 18 heavy (non-hydrogen) atoms. The van der Waals surface area contributed by atoms with Crippen molar-refractivity contribution in [2.45, 2.75) is 29.4 Å². The lowest BCUT2D eigenvalue weighted by molar-refractivity contribution is 0.734. The number of pyridine rings is 2. The smallest absolute Gasteiger partial charge is 0.102 e. The molecule has 0 aliphatic carbocycles. The summed E-state index contributed by atoms with van der Waals surface area (Å²) >= 11 is 4.91. The van der Waals surface area contributed by atoms with Gasteiger partial charge in [0.05, 0.1) is 0 Å². The van der Waals surface area contributed by atoms with Gasteiger partial charge in [0.25, 0.3) is 0 Å². The number of rotatable bonds is 4. The van der Waals surface area contributed by atoms with Crippen molar-refractivity contribution in [3.63, 3.8) is 0 Å². The quantitative estimate of drug-likeness (QED) is 0.938. The van der Waals surface area contributed by atoms with E-state index in [-0.39, 0.29) is 6.04 Å². The van der Waals surface area contributed by atoms with Gasteiger partial charge in [-0.2, -0.15) is 0 Å². The van der Waals surface area contributed by atoms with Gasteiger partial charge >= 0.3 is 0 Å². The molecule has 2 N–H and O–H groups in total. The van der Waals surface area contributed by atoms with Crippen LogP contribution in [0.4, 0.5) is 0 Å². The fourth-order valence-corrected chi connectivity index (χ4v) is 2.43. The predicted octanol–water partition coefficient (Wildman–Crippen LogP) is 3.28. The van der Waals surface area contributed by atoms with Gasteiger partial charge in [0, 0.05) is 22.9 Å². The molecule has 2 heterocycles. The van der Waals surface area contributed by atoms with E-state index in [0.29, 0.717) is 0 Å². The third-order valence-corrected chi connectivity index (χ3v) is 3.64. The van der Waals surface area contributed by atoms with Gasteiger partial charge in [-0.25, -0.2) is 9.97 Å². The molecule has 0 aliphatic rings. The van der Waals surface area contributed by atoms with Gasteiger partial charge in [-0.05, 0) is 53.0 Å². The van der Waals surface area contributed by atoms with Gasteiger partial charge in [-0.3, -0.25) is 0 Å². The maximum Gasteiger partial charge on any atom is 0.102 e. The maximum absolute atomic E-state index is 5.75. The van der Waals surface area contributed by atoms with Crippen LogP contribution in [0, 0.1) is 0 Å². The predicted molar refractivity (Wildman–Crippen MR) is 77.7 cm³/mol. The Balaban J connectivity index is 2.04. The van der Waals surface area contributed by atoms with Crippen molar-refractivity contribution in [3.05, 3.63) is 46.7 Å². The Morgan fingerprint density at radius 2 is 1.83 bits per heavy atom. The molecule has 0 aromatic carbocycles. The summed E-state index contributed by atoms with van der Waals surface area (Å²) < 4.78 is 0.979. The maximum atomic E-state index is 5.75. The Kier molecular flexibility index (Phi) is 4.74. The molecule has 1 atom stereocenters. The number of aromatic nitrogens is 2. The molecule has 0 bridgehead atoms. The van der Waals surface area contributed by atoms with Gasteiger partial charge < -0.3 is 5.73 Å². The van der Waals surface area contributed by atoms with Crippen molar-refractivity contribution in [1.29, 1.82) is 0 Å². The summed E-state index contributed by atoms with van der Waals surface area (Å²) in [6.45, 7) is 1.99. The summed E-state index contributed by atoms with van der Waals surface area (Å²) in [7, 11) is 0. The van der Waals surface area contributed by atoms with E-state index in [2.05, 4.69) is 32.0 Å². The van der Waals surface area contributed by atoms with E-state index in [4.69, 9.17) is 5.73 Å². The van der Waals surface area contributed by atoms with Gasteiger partial charge in [0.2, 0.25) is 0 Å². The number of hydrogen-bond acceptors (Lipinski definition) is 4. The highest BCUT2D eigenvalue weighted by Gasteiger charge is 2.02. The van der Waals surface area contributed by atoms with Crippen LogP contribution in [-0.2, 0) is 6.42 Å². The van der Waals surface area contributed by atoms with Crippen LogP contribution in [-0.4, -0.2) is 16.0 Å². The fraction of sp³-hybridized carbons (Fsp3) is 0.231. The van der Waals surface area contributed by atoms with Crippen molar-refractivity contribution in [3.8, 4) is 0 Å². The molecule has 0 radical (unpaired) electrons. The van der Waals surface area contributed by atoms with Crippen LogP contribution in [0.15, 0.2) is 51.2 Å². The average Bonchev–Trinajstić information content (AvgIpc) is 2.34. The van der Waals surface area contributed by atoms with Crippen LogP contribution in [0.1, 0.15) is 12.5 Å². The fourth-order valence-electron chi connectivity index (χ4n) is 1.49. The minimum absolute atomic E-state index is 0.165. The third-order valence-electron chi connectivity index (χ3n) is 2.26. The highest BCUT2D eigenvalue weighted by molar-refractivity contribution is 9.10. The first-order valence-corrected chi connectivity index (χ1v) is 7.24. The minimum atomic E-state index is 0.165. The first-order valence-electron chi connectivity index (χ1n) is 5.63. The summed E-state index contributed by atoms with van der Waals surface area (Å²) in [5, 5.41) is 1.88. The largest absolute Gasteiger partial charge is 0.328 e. The second-order valence-corrected chi connectivity index (χ2v) is 6.06. The second-order valence-electron chi connectivity index (χ2n) is 4.10. The van der Waals surface area contributed by atoms with Crippen LogP contribution in [0.3, 0.4) is 0 Å². The Labute approximate surface area is 119 Å². The molecule has 0 saturated carbocycles. The zero-order valence-corrected chi connectivity index (χ0v) is 12.4. The van der Waals surface area contributed by atoms with E-state index in [1.807, 2.05) is 31.3 Å². The molecule has 94 valence electrons. The molecule has 0 aliphatic heterocycles. The topological polar surface area (TPSA) is 51.8 Å². The van der Waals surface area contributed by atoms with Crippen molar-refractivity contribution >= 4 is 27.7 Å². The molecule has 5 heteroatoms. The first-order chi connectivity index (χ1) is 8.63. The number of halogens is 1. The Bertz CT molecular complexity index is 497. The molecule has 0 saturated heterocycles. The van der Waals surface area contributed by atoms with Crippen molar-refractivity contribution < 1.29 is 0 Å². The molecule has 0 fully saturated rings. The molecule has 1 unspecified atom stereocenters. The van der Waals surface area contributed by atoms with Crippen molar-refractivity contribution in [1.82, 2.24) is 9.97 Å². The number of nitrogens with two attached hydrogens (primary N) is 1. The highest BCUT2D eigenvalue weighted by atomic mass is 79.9. The van der Waals surface area contributed by atoms with Crippen molar-refractivity contribution in [2.75, 3.05) is 0 Å². The molecule has 2 aromatic heterocycles. The minimum Gasteiger partial charge on any atom is -0.328 e. The van der Waals surface area contributed by atoms with Gasteiger partial charge in [0.1, 0.15) is 10.1 Å². The van der Waals surface area contributed by atoms with Crippen molar-refractivity contribution in [2.24, 2.45) is 5.73 Å². The summed E-state index contributed by atoms with van der Waals surface area (Å²) in [5.74, 6) is 0. The average molecular weight is 324 g/mol. The molecule has 0 amide bonds. The summed E-state index contributed by atoms with van der Waals surface area (Å²) in [4.78, 5) is 8.71. The summed E-state index contributed by atoms with van der Waals surface area (Å²) in [5.41, 5.74) is 6.92. The molecule has 2 rings (SSSR count).